The molecule has 3 rings (SSSR count). The first kappa shape index (κ1) is 12.5. The van der Waals surface area contributed by atoms with Crippen molar-refractivity contribution in [2.75, 3.05) is 7.11 Å². The first-order valence-corrected chi connectivity index (χ1v) is 6.23. The van der Waals surface area contributed by atoms with E-state index in [2.05, 4.69) is 15.0 Å². The van der Waals surface area contributed by atoms with E-state index in [-0.39, 0.29) is 6.04 Å². The molecule has 1 atom stereocenters. The molecule has 0 amide bonds. The standard InChI is InChI=1S/C15H14N4O/c1-20-12-6-11(8-17-9-12)15(16)10-2-3-13-14(7-10)19-5-4-18-13/h2-9,15H,16H2,1H3. The number of nitrogens with zero attached hydrogens (tertiary/aromatic N) is 3. The average Bonchev–Trinajstić information content (AvgIpc) is 2.53. The SMILES string of the molecule is COc1cncc(C(N)c2ccc3nccnc3c2)c1. The molecular weight excluding hydrogens is 252 g/mol. The van der Waals surface area contributed by atoms with Gasteiger partial charge in [-0.3, -0.25) is 15.0 Å². The van der Waals surface area contributed by atoms with Crippen LogP contribution in [0.4, 0.5) is 0 Å². The highest BCUT2D eigenvalue weighted by atomic mass is 16.5. The Labute approximate surface area is 116 Å². The van der Waals surface area contributed by atoms with Crippen LogP contribution in [-0.4, -0.2) is 22.1 Å². The van der Waals surface area contributed by atoms with E-state index >= 15 is 0 Å². The van der Waals surface area contributed by atoms with E-state index in [4.69, 9.17) is 10.5 Å². The van der Waals surface area contributed by atoms with Crippen molar-refractivity contribution in [3.8, 4) is 5.75 Å². The van der Waals surface area contributed by atoms with Gasteiger partial charge < -0.3 is 10.5 Å². The third-order valence-electron chi connectivity index (χ3n) is 3.18. The summed E-state index contributed by atoms with van der Waals surface area (Å²) in [6, 6.07) is 7.45. The van der Waals surface area contributed by atoms with Crippen molar-refractivity contribution in [2.45, 2.75) is 6.04 Å². The van der Waals surface area contributed by atoms with Crippen LogP contribution in [-0.2, 0) is 0 Å². The van der Waals surface area contributed by atoms with Crippen LogP contribution in [0.15, 0.2) is 49.1 Å². The molecule has 100 valence electrons. The highest BCUT2D eigenvalue weighted by molar-refractivity contribution is 5.74. The zero-order valence-corrected chi connectivity index (χ0v) is 11.0. The van der Waals surface area contributed by atoms with Gasteiger partial charge in [0.1, 0.15) is 5.75 Å². The van der Waals surface area contributed by atoms with Crippen molar-refractivity contribution in [1.82, 2.24) is 15.0 Å². The second-order valence-corrected chi connectivity index (χ2v) is 4.44. The summed E-state index contributed by atoms with van der Waals surface area (Å²) in [6.45, 7) is 0. The largest absolute Gasteiger partial charge is 0.495 e. The number of methoxy groups -OCH3 is 1. The van der Waals surface area contributed by atoms with Gasteiger partial charge in [-0.2, -0.15) is 0 Å². The van der Waals surface area contributed by atoms with E-state index in [0.717, 1.165) is 22.2 Å². The number of fused-ring (bicyclic) bond motifs is 1. The van der Waals surface area contributed by atoms with Gasteiger partial charge >= 0.3 is 0 Å². The smallest absolute Gasteiger partial charge is 0.137 e. The molecule has 2 heterocycles. The van der Waals surface area contributed by atoms with Gasteiger partial charge in [-0.15, -0.1) is 0 Å². The third-order valence-corrected chi connectivity index (χ3v) is 3.18. The minimum atomic E-state index is -0.274. The Morgan fingerprint density at radius 3 is 2.60 bits per heavy atom. The van der Waals surface area contributed by atoms with Gasteiger partial charge in [-0.1, -0.05) is 6.07 Å². The van der Waals surface area contributed by atoms with Crippen molar-refractivity contribution in [1.29, 1.82) is 0 Å². The molecule has 3 aromatic rings. The Morgan fingerprint density at radius 2 is 1.80 bits per heavy atom. The number of aromatic nitrogens is 3. The lowest BCUT2D eigenvalue weighted by molar-refractivity contribution is 0.412. The topological polar surface area (TPSA) is 73.9 Å². The van der Waals surface area contributed by atoms with E-state index < -0.39 is 0 Å². The molecule has 5 heteroatoms. The minimum Gasteiger partial charge on any atom is -0.495 e. The Kier molecular flexibility index (Phi) is 3.26. The van der Waals surface area contributed by atoms with Crippen LogP contribution in [0.2, 0.25) is 0 Å². The number of benzene rings is 1. The molecule has 2 aromatic heterocycles. The Bertz CT molecular complexity index is 745. The van der Waals surface area contributed by atoms with Gasteiger partial charge in [0.2, 0.25) is 0 Å². The fourth-order valence-electron chi connectivity index (χ4n) is 2.08. The molecule has 1 unspecified atom stereocenters. The summed E-state index contributed by atoms with van der Waals surface area (Å²) in [4.78, 5) is 12.7. The summed E-state index contributed by atoms with van der Waals surface area (Å²) in [5.41, 5.74) is 9.83. The maximum atomic E-state index is 6.29. The normalized spacial score (nSPS) is 12.3. The van der Waals surface area contributed by atoms with Gasteiger partial charge in [0.25, 0.3) is 0 Å². The highest BCUT2D eigenvalue weighted by Gasteiger charge is 2.11. The summed E-state index contributed by atoms with van der Waals surface area (Å²) in [7, 11) is 1.61. The molecule has 0 aliphatic rings. The van der Waals surface area contributed by atoms with E-state index in [1.165, 1.54) is 0 Å². The van der Waals surface area contributed by atoms with Gasteiger partial charge in [0.05, 0.1) is 30.4 Å². The van der Waals surface area contributed by atoms with Crippen LogP contribution in [0.3, 0.4) is 0 Å². The highest BCUT2D eigenvalue weighted by Crippen LogP contribution is 2.23. The molecule has 5 nitrogen and oxygen atoms in total. The molecule has 2 N–H and O–H groups in total. The average molecular weight is 266 g/mol. The number of hydrogen-bond donors (Lipinski definition) is 1. The zero-order chi connectivity index (χ0) is 13.9. The molecule has 0 aliphatic heterocycles. The molecule has 20 heavy (non-hydrogen) atoms. The molecule has 1 aromatic carbocycles. The lowest BCUT2D eigenvalue weighted by atomic mass is 10.0. The van der Waals surface area contributed by atoms with Crippen LogP contribution >= 0.6 is 0 Å². The zero-order valence-electron chi connectivity index (χ0n) is 11.0. The van der Waals surface area contributed by atoms with Gasteiger partial charge in [0.15, 0.2) is 0 Å². The summed E-state index contributed by atoms with van der Waals surface area (Å²) < 4.78 is 5.17. The fraction of sp³-hybridized carbons (Fsp3) is 0.133. The van der Waals surface area contributed by atoms with E-state index in [1.54, 1.807) is 31.9 Å². The number of rotatable bonds is 3. The van der Waals surface area contributed by atoms with Crippen molar-refractivity contribution < 1.29 is 4.74 Å². The van der Waals surface area contributed by atoms with E-state index in [1.807, 2.05) is 24.3 Å². The number of nitrogens with two attached hydrogens (primary N) is 1. The summed E-state index contributed by atoms with van der Waals surface area (Å²) in [5, 5.41) is 0. The molecule has 0 saturated heterocycles. The second kappa shape index (κ2) is 5.22. The van der Waals surface area contributed by atoms with E-state index in [0.29, 0.717) is 5.75 Å². The number of pyridine rings is 1. The molecule has 0 spiro atoms. The maximum Gasteiger partial charge on any atom is 0.137 e. The number of hydrogen-bond acceptors (Lipinski definition) is 5. The molecule has 0 aliphatic carbocycles. The molecule has 0 saturated carbocycles. The molecule has 0 radical (unpaired) electrons. The Hall–Kier alpha value is -2.53. The van der Waals surface area contributed by atoms with Crippen molar-refractivity contribution >= 4 is 11.0 Å². The van der Waals surface area contributed by atoms with Crippen molar-refractivity contribution in [2.24, 2.45) is 5.73 Å². The first-order chi connectivity index (χ1) is 9.78. The summed E-state index contributed by atoms with van der Waals surface area (Å²) in [6.07, 6.45) is 6.74. The Morgan fingerprint density at radius 1 is 1.00 bits per heavy atom. The van der Waals surface area contributed by atoms with Crippen LogP contribution < -0.4 is 10.5 Å². The molecular formula is C15H14N4O. The van der Waals surface area contributed by atoms with Gasteiger partial charge in [-0.25, -0.2) is 0 Å². The summed E-state index contributed by atoms with van der Waals surface area (Å²) >= 11 is 0. The van der Waals surface area contributed by atoms with Crippen molar-refractivity contribution in [3.63, 3.8) is 0 Å². The summed E-state index contributed by atoms with van der Waals surface area (Å²) in [5.74, 6) is 0.693. The quantitative estimate of drug-likeness (QED) is 0.785. The van der Waals surface area contributed by atoms with Gasteiger partial charge in [0, 0.05) is 18.6 Å². The number of ether oxygens (including phenoxy) is 1. The Balaban J connectivity index is 2.00. The monoisotopic (exact) mass is 266 g/mol. The molecule has 0 fully saturated rings. The lowest BCUT2D eigenvalue weighted by Crippen LogP contribution is -2.12. The maximum absolute atomic E-state index is 6.29. The minimum absolute atomic E-state index is 0.274. The lowest BCUT2D eigenvalue weighted by Gasteiger charge is -2.13. The van der Waals surface area contributed by atoms with Crippen LogP contribution in [0, 0.1) is 0 Å². The van der Waals surface area contributed by atoms with Crippen LogP contribution in [0.25, 0.3) is 11.0 Å². The predicted octanol–water partition coefficient (Wildman–Crippen LogP) is 2.08. The fourth-order valence-corrected chi connectivity index (χ4v) is 2.08. The van der Waals surface area contributed by atoms with Gasteiger partial charge in [-0.05, 0) is 29.3 Å². The second-order valence-electron chi connectivity index (χ2n) is 4.44. The van der Waals surface area contributed by atoms with Crippen LogP contribution in [0.1, 0.15) is 17.2 Å². The molecule has 0 bridgehead atoms. The van der Waals surface area contributed by atoms with Crippen molar-refractivity contribution in [3.05, 3.63) is 60.2 Å². The third kappa shape index (κ3) is 2.31. The first-order valence-electron chi connectivity index (χ1n) is 6.23. The van der Waals surface area contributed by atoms with Crippen LogP contribution in [0.5, 0.6) is 5.75 Å². The predicted molar refractivity (Wildman–Crippen MR) is 76.4 cm³/mol. The van der Waals surface area contributed by atoms with E-state index in [9.17, 15) is 0 Å².